The molecule has 1 atom stereocenters. The quantitative estimate of drug-likeness (QED) is 0.688. The largest absolute Gasteiger partial charge is 0.491 e. The highest BCUT2D eigenvalue weighted by Gasteiger charge is 2.23. The summed E-state index contributed by atoms with van der Waals surface area (Å²) in [6.45, 7) is 1.13. The molecule has 3 aromatic carbocycles. The third-order valence-corrected chi connectivity index (χ3v) is 5.35. The number of epoxide rings is 1. The highest BCUT2D eigenvalue weighted by molar-refractivity contribution is 7.92. The number of ether oxygens (including phenoxy) is 2. The Labute approximate surface area is 146 Å². The normalized spacial score (nSPS) is 16.6. The topological polar surface area (TPSA) is 67.9 Å². The van der Waals surface area contributed by atoms with Crippen LogP contribution >= 0.6 is 0 Å². The molecule has 4 rings (SSSR count). The van der Waals surface area contributed by atoms with Gasteiger partial charge in [0.1, 0.15) is 18.5 Å². The van der Waals surface area contributed by atoms with Crippen LogP contribution in [0.5, 0.6) is 5.75 Å². The van der Waals surface area contributed by atoms with Gasteiger partial charge in [-0.05, 0) is 23.6 Å². The van der Waals surface area contributed by atoms with Crippen LogP contribution in [0, 0.1) is 0 Å². The minimum atomic E-state index is -3.71. The van der Waals surface area contributed by atoms with E-state index in [2.05, 4.69) is 4.72 Å². The molecule has 0 bridgehead atoms. The number of nitrogens with one attached hydrogen (secondary N) is 1. The van der Waals surface area contributed by atoms with Crippen LogP contribution in [0.15, 0.2) is 71.6 Å². The van der Waals surface area contributed by atoms with Crippen LogP contribution in [-0.2, 0) is 14.8 Å². The first-order valence-corrected chi connectivity index (χ1v) is 9.45. The first kappa shape index (κ1) is 15.9. The second-order valence-corrected chi connectivity index (χ2v) is 7.56. The summed E-state index contributed by atoms with van der Waals surface area (Å²) in [5.74, 6) is 0.510. The molecule has 0 aliphatic carbocycles. The Balaban J connectivity index is 1.61. The molecule has 1 aliphatic heterocycles. The molecule has 25 heavy (non-hydrogen) atoms. The maximum absolute atomic E-state index is 12.8. The van der Waals surface area contributed by atoms with Crippen molar-refractivity contribution in [2.45, 2.75) is 11.0 Å². The van der Waals surface area contributed by atoms with Gasteiger partial charge in [-0.15, -0.1) is 0 Å². The number of rotatable bonds is 6. The van der Waals surface area contributed by atoms with Crippen molar-refractivity contribution < 1.29 is 17.9 Å². The van der Waals surface area contributed by atoms with Crippen molar-refractivity contribution >= 4 is 26.5 Å². The van der Waals surface area contributed by atoms with Gasteiger partial charge in [0.2, 0.25) is 0 Å². The van der Waals surface area contributed by atoms with E-state index >= 15 is 0 Å². The van der Waals surface area contributed by atoms with E-state index in [-0.39, 0.29) is 11.0 Å². The maximum atomic E-state index is 12.8. The summed E-state index contributed by atoms with van der Waals surface area (Å²) in [5, 5.41) is 1.83. The highest BCUT2D eigenvalue weighted by atomic mass is 32.2. The summed E-state index contributed by atoms with van der Waals surface area (Å²) < 4.78 is 38.8. The van der Waals surface area contributed by atoms with Gasteiger partial charge >= 0.3 is 0 Å². The predicted molar refractivity (Wildman–Crippen MR) is 96.4 cm³/mol. The molecule has 1 N–H and O–H groups in total. The number of anilines is 1. The highest BCUT2D eigenvalue weighted by Crippen LogP contribution is 2.27. The van der Waals surface area contributed by atoms with E-state index in [1.807, 2.05) is 36.4 Å². The smallest absolute Gasteiger partial charge is 0.262 e. The molecular formula is C19H17NO4S. The Bertz CT molecular complexity index is 1010. The Hall–Kier alpha value is -2.57. The van der Waals surface area contributed by atoms with Crippen molar-refractivity contribution in [1.82, 2.24) is 0 Å². The molecule has 0 amide bonds. The van der Waals surface area contributed by atoms with E-state index in [0.717, 1.165) is 10.8 Å². The third-order valence-electron chi connectivity index (χ3n) is 3.99. The molecule has 0 aromatic heterocycles. The second kappa shape index (κ2) is 6.38. The van der Waals surface area contributed by atoms with Crippen LogP contribution in [0.1, 0.15) is 0 Å². The van der Waals surface area contributed by atoms with Crippen molar-refractivity contribution in [1.29, 1.82) is 0 Å². The van der Waals surface area contributed by atoms with Crippen molar-refractivity contribution in [2.24, 2.45) is 0 Å². The minimum Gasteiger partial charge on any atom is -0.491 e. The van der Waals surface area contributed by atoms with E-state index in [0.29, 0.717) is 24.7 Å². The van der Waals surface area contributed by atoms with E-state index in [1.54, 1.807) is 24.3 Å². The number of hydrogen-bond acceptors (Lipinski definition) is 4. The van der Waals surface area contributed by atoms with Crippen molar-refractivity contribution in [2.75, 3.05) is 17.9 Å². The van der Waals surface area contributed by atoms with Crippen LogP contribution in [0.4, 0.5) is 5.69 Å². The second-order valence-electron chi connectivity index (χ2n) is 5.87. The third kappa shape index (κ3) is 3.60. The Morgan fingerprint density at radius 1 is 1.04 bits per heavy atom. The SMILES string of the molecule is O=S(=O)(Nc1cccc2ccccc12)c1cccc(OCC2CO2)c1. The molecule has 1 fully saturated rings. The molecule has 0 radical (unpaired) electrons. The summed E-state index contributed by atoms with van der Waals surface area (Å²) in [6, 6.07) is 19.6. The zero-order valence-electron chi connectivity index (χ0n) is 13.4. The van der Waals surface area contributed by atoms with Gasteiger partial charge in [0.25, 0.3) is 10.0 Å². The van der Waals surface area contributed by atoms with E-state index in [1.165, 1.54) is 6.07 Å². The molecule has 1 saturated heterocycles. The molecule has 1 heterocycles. The van der Waals surface area contributed by atoms with Gasteiger partial charge < -0.3 is 9.47 Å². The molecule has 5 nitrogen and oxygen atoms in total. The standard InChI is InChI=1S/C19H17NO4S/c21-25(22,17-8-4-7-15(11-17)23-12-16-13-24-16)20-19-10-3-6-14-5-1-2-9-18(14)19/h1-11,16,20H,12-13H2. The fourth-order valence-electron chi connectivity index (χ4n) is 2.60. The van der Waals surface area contributed by atoms with Gasteiger partial charge in [0.05, 0.1) is 17.2 Å². The summed E-state index contributed by atoms with van der Waals surface area (Å²) >= 11 is 0. The molecule has 6 heteroatoms. The molecule has 0 spiro atoms. The predicted octanol–water partition coefficient (Wildman–Crippen LogP) is 3.42. The van der Waals surface area contributed by atoms with Gasteiger partial charge in [-0.2, -0.15) is 0 Å². The van der Waals surface area contributed by atoms with Gasteiger partial charge in [-0.25, -0.2) is 8.42 Å². The fourth-order valence-corrected chi connectivity index (χ4v) is 3.72. The van der Waals surface area contributed by atoms with Crippen LogP contribution < -0.4 is 9.46 Å². The van der Waals surface area contributed by atoms with Crippen molar-refractivity contribution in [3.8, 4) is 5.75 Å². The van der Waals surface area contributed by atoms with Crippen LogP contribution in [0.2, 0.25) is 0 Å². The fraction of sp³-hybridized carbons (Fsp3) is 0.158. The maximum Gasteiger partial charge on any atom is 0.262 e. The van der Waals surface area contributed by atoms with Gasteiger partial charge in [-0.1, -0.05) is 42.5 Å². The number of benzene rings is 3. The van der Waals surface area contributed by atoms with Gasteiger partial charge in [-0.3, -0.25) is 4.72 Å². The zero-order chi connectivity index (χ0) is 17.3. The Morgan fingerprint density at radius 3 is 2.64 bits per heavy atom. The molecule has 1 unspecified atom stereocenters. The van der Waals surface area contributed by atoms with E-state index < -0.39 is 10.0 Å². The molecular weight excluding hydrogens is 338 g/mol. The number of fused-ring (bicyclic) bond motifs is 1. The summed E-state index contributed by atoms with van der Waals surface area (Å²) in [5.41, 5.74) is 0.552. The Morgan fingerprint density at radius 2 is 1.80 bits per heavy atom. The molecule has 0 saturated carbocycles. The lowest BCUT2D eigenvalue weighted by Crippen LogP contribution is -2.13. The van der Waals surface area contributed by atoms with Crippen LogP contribution in [0.25, 0.3) is 10.8 Å². The summed E-state index contributed by atoms with van der Waals surface area (Å²) in [7, 11) is -3.71. The number of hydrogen-bond donors (Lipinski definition) is 1. The van der Waals surface area contributed by atoms with Gasteiger partial charge in [0, 0.05) is 11.5 Å². The molecule has 128 valence electrons. The lowest BCUT2D eigenvalue weighted by molar-refractivity contribution is 0.262. The number of sulfonamides is 1. The summed E-state index contributed by atoms with van der Waals surface area (Å²) in [4.78, 5) is 0.162. The monoisotopic (exact) mass is 355 g/mol. The van der Waals surface area contributed by atoms with Crippen molar-refractivity contribution in [3.63, 3.8) is 0 Å². The molecule has 1 aliphatic rings. The lowest BCUT2D eigenvalue weighted by Gasteiger charge is -2.12. The molecule has 3 aromatic rings. The minimum absolute atomic E-state index is 0.120. The lowest BCUT2D eigenvalue weighted by atomic mass is 10.1. The average molecular weight is 355 g/mol. The van der Waals surface area contributed by atoms with E-state index in [4.69, 9.17) is 9.47 Å². The zero-order valence-corrected chi connectivity index (χ0v) is 14.2. The average Bonchev–Trinajstić information content (AvgIpc) is 3.45. The Kier molecular flexibility index (Phi) is 4.07. The summed E-state index contributed by atoms with van der Waals surface area (Å²) in [6.07, 6.45) is 0.120. The van der Waals surface area contributed by atoms with Crippen LogP contribution in [0.3, 0.4) is 0 Å². The van der Waals surface area contributed by atoms with Crippen LogP contribution in [-0.4, -0.2) is 27.7 Å². The first-order chi connectivity index (χ1) is 12.1. The van der Waals surface area contributed by atoms with Crippen molar-refractivity contribution in [3.05, 3.63) is 66.7 Å². The van der Waals surface area contributed by atoms with E-state index in [9.17, 15) is 8.42 Å². The first-order valence-electron chi connectivity index (χ1n) is 7.97. The van der Waals surface area contributed by atoms with Gasteiger partial charge in [0.15, 0.2) is 0 Å².